The quantitative estimate of drug-likeness (QED) is 0.740. The SMILES string of the molecule is CCN1CCCC1c1cc(F)cc(OCCOC)c1. The van der Waals surface area contributed by atoms with Crippen LogP contribution in [0.4, 0.5) is 4.39 Å². The molecule has 1 heterocycles. The van der Waals surface area contributed by atoms with Crippen LogP contribution < -0.4 is 4.74 Å². The molecule has 1 aromatic rings. The zero-order valence-electron chi connectivity index (χ0n) is 11.7. The van der Waals surface area contributed by atoms with Gasteiger partial charge in [-0.2, -0.15) is 0 Å². The van der Waals surface area contributed by atoms with Gasteiger partial charge in [0.2, 0.25) is 0 Å². The molecule has 0 amide bonds. The van der Waals surface area contributed by atoms with Crippen molar-refractivity contribution in [2.24, 2.45) is 0 Å². The Morgan fingerprint density at radius 1 is 1.32 bits per heavy atom. The summed E-state index contributed by atoms with van der Waals surface area (Å²) in [6.07, 6.45) is 2.27. The summed E-state index contributed by atoms with van der Waals surface area (Å²) in [6, 6.07) is 5.34. The summed E-state index contributed by atoms with van der Waals surface area (Å²) in [5, 5.41) is 0. The van der Waals surface area contributed by atoms with E-state index in [1.165, 1.54) is 12.5 Å². The molecule has 1 saturated heterocycles. The van der Waals surface area contributed by atoms with Crippen molar-refractivity contribution < 1.29 is 13.9 Å². The predicted molar refractivity (Wildman–Crippen MR) is 73.0 cm³/mol. The molecule has 19 heavy (non-hydrogen) atoms. The van der Waals surface area contributed by atoms with E-state index >= 15 is 0 Å². The van der Waals surface area contributed by atoms with Crippen molar-refractivity contribution in [1.82, 2.24) is 4.90 Å². The van der Waals surface area contributed by atoms with Crippen molar-refractivity contribution in [3.8, 4) is 5.75 Å². The first-order valence-corrected chi connectivity index (χ1v) is 6.91. The van der Waals surface area contributed by atoms with Gasteiger partial charge < -0.3 is 9.47 Å². The third-order valence-corrected chi connectivity index (χ3v) is 3.60. The number of methoxy groups -OCH3 is 1. The Bertz CT molecular complexity index is 411. The molecule has 2 rings (SSSR count). The van der Waals surface area contributed by atoms with Crippen LogP contribution in [0.5, 0.6) is 5.75 Å². The monoisotopic (exact) mass is 267 g/mol. The third kappa shape index (κ3) is 3.67. The number of rotatable bonds is 6. The van der Waals surface area contributed by atoms with Crippen LogP contribution in [0.1, 0.15) is 31.4 Å². The summed E-state index contributed by atoms with van der Waals surface area (Å²) < 4.78 is 24.1. The fourth-order valence-electron chi connectivity index (χ4n) is 2.69. The molecule has 1 unspecified atom stereocenters. The third-order valence-electron chi connectivity index (χ3n) is 3.60. The van der Waals surface area contributed by atoms with E-state index in [1.54, 1.807) is 13.2 Å². The van der Waals surface area contributed by atoms with Crippen LogP contribution in [0, 0.1) is 5.82 Å². The Morgan fingerprint density at radius 3 is 2.89 bits per heavy atom. The highest BCUT2D eigenvalue weighted by atomic mass is 19.1. The average Bonchev–Trinajstić information content (AvgIpc) is 2.86. The van der Waals surface area contributed by atoms with Gasteiger partial charge in [-0.15, -0.1) is 0 Å². The smallest absolute Gasteiger partial charge is 0.127 e. The van der Waals surface area contributed by atoms with E-state index in [9.17, 15) is 4.39 Å². The molecule has 0 radical (unpaired) electrons. The Morgan fingerprint density at radius 2 is 2.16 bits per heavy atom. The maximum Gasteiger partial charge on any atom is 0.127 e. The van der Waals surface area contributed by atoms with Crippen LogP contribution in [0.2, 0.25) is 0 Å². The molecule has 106 valence electrons. The van der Waals surface area contributed by atoms with Gasteiger partial charge in [0.1, 0.15) is 18.2 Å². The molecule has 0 bridgehead atoms. The van der Waals surface area contributed by atoms with Gasteiger partial charge in [0.05, 0.1) is 6.61 Å². The number of hydrogen-bond acceptors (Lipinski definition) is 3. The number of likely N-dealkylation sites (tertiary alicyclic amines) is 1. The van der Waals surface area contributed by atoms with Gasteiger partial charge in [-0.25, -0.2) is 4.39 Å². The average molecular weight is 267 g/mol. The summed E-state index contributed by atoms with van der Waals surface area (Å²) in [5.74, 6) is 0.364. The molecule has 0 spiro atoms. The van der Waals surface area contributed by atoms with Crippen molar-refractivity contribution >= 4 is 0 Å². The first-order chi connectivity index (χ1) is 9.24. The lowest BCUT2D eigenvalue weighted by Gasteiger charge is -2.23. The summed E-state index contributed by atoms with van der Waals surface area (Å²) in [7, 11) is 1.62. The van der Waals surface area contributed by atoms with E-state index in [2.05, 4.69) is 11.8 Å². The summed E-state index contributed by atoms with van der Waals surface area (Å²) in [5.41, 5.74) is 1.02. The highest BCUT2D eigenvalue weighted by molar-refractivity contribution is 5.32. The Hall–Kier alpha value is -1.13. The number of halogens is 1. The normalized spacial score (nSPS) is 19.8. The lowest BCUT2D eigenvalue weighted by molar-refractivity contribution is 0.146. The minimum Gasteiger partial charge on any atom is -0.491 e. The molecule has 1 atom stereocenters. The lowest BCUT2D eigenvalue weighted by Crippen LogP contribution is -2.22. The van der Waals surface area contributed by atoms with Crippen LogP contribution in [0.15, 0.2) is 18.2 Å². The predicted octanol–water partition coefficient (Wildman–Crippen LogP) is 3.01. The second-order valence-corrected chi connectivity index (χ2v) is 4.85. The zero-order valence-corrected chi connectivity index (χ0v) is 11.7. The molecule has 3 nitrogen and oxygen atoms in total. The second kappa shape index (κ2) is 6.87. The van der Waals surface area contributed by atoms with Gasteiger partial charge in [0.15, 0.2) is 0 Å². The Labute approximate surface area is 114 Å². The molecule has 0 aromatic heterocycles. The van der Waals surface area contributed by atoms with E-state index < -0.39 is 0 Å². The van der Waals surface area contributed by atoms with E-state index in [4.69, 9.17) is 9.47 Å². The Balaban J connectivity index is 2.11. The maximum absolute atomic E-state index is 13.7. The lowest BCUT2D eigenvalue weighted by atomic mass is 10.0. The van der Waals surface area contributed by atoms with E-state index in [-0.39, 0.29) is 5.82 Å². The highest BCUT2D eigenvalue weighted by Crippen LogP contribution is 2.33. The zero-order chi connectivity index (χ0) is 13.7. The highest BCUT2D eigenvalue weighted by Gasteiger charge is 2.25. The molecular formula is C15H22FNO2. The fourth-order valence-corrected chi connectivity index (χ4v) is 2.69. The van der Waals surface area contributed by atoms with Crippen molar-refractivity contribution in [2.75, 3.05) is 33.4 Å². The molecule has 0 aliphatic carbocycles. The van der Waals surface area contributed by atoms with Gasteiger partial charge in [-0.3, -0.25) is 4.90 Å². The molecular weight excluding hydrogens is 245 g/mol. The fraction of sp³-hybridized carbons (Fsp3) is 0.600. The molecule has 4 heteroatoms. The largest absolute Gasteiger partial charge is 0.491 e. The molecule has 1 aliphatic heterocycles. The Kier molecular flexibility index (Phi) is 5.16. The van der Waals surface area contributed by atoms with Gasteiger partial charge in [0, 0.05) is 19.2 Å². The van der Waals surface area contributed by atoms with Crippen LogP contribution in [0.3, 0.4) is 0 Å². The van der Waals surface area contributed by atoms with Gasteiger partial charge >= 0.3 is 0 Å². The van der Waals surface area contributed by atoms with Crippen LogP contribution >= 0.6 is 0 Å². The minimum atomic E-state index is -0.229. The number of ether oxygens (including phenoxy) is 2. The number of benzene rings is 1. The van der Waals surface area contributed by atoms with Crippen LogP contribution in [-0.2, 0) is 4.74 Å². The molecule has 0 N–H and O–H groups in total. The van der Waals surface area contributed by atoms with Crippen molar-refractivity contribution in [2.45, 2.75) is 25.8 Å². The molecule has 0 saturated carbocycles. The summed E-state index contributed by atoms with van der Waals surface area (Å²) in [6.45, 7) is 5.20. The molecule has 1 aromatic carbocycles. The van der Waals surface area contributed by atoms with Crippen LogP contribution in [0.25, 0.3) is 0 Å². The van der Waals surface area contributed by atoms with Crippen molar-refractivity contribution in [1.29, 1.82) is 0 Å². The second-order valence-electron chi connectivity index (χ2n) is 4.85. The van der Waals surface area contributed by atoms with Crippen LogP contribution in [-0.4, -0.2) is 38.3 Å². The summed E-state index contributed by atoms with van der Waals surface area (Å²) in [4.78, 5) is 2.38. The minimum absolute atomic E-state index is 0.229. The molecule has 1 fully saturated rings. The van der Waals surface area contributed by atoms with E-state index in [1.807, 2.05) is 6.07 Å². The van der Waals surface area contributed by atoms with Gasteiger partial charge in [-0.1, -0.05) is 6.92 Å². The first-order valence-electron chi connectivity index (χ1n) is 6.91. The standard InChI is InChI=1S/C15H22FNO2/c1-3-17-6-4-5-15(17)12-9-13(16)11-14(10-12)19-8-7-18-2/h9-11,15H,3-8H2,1-2H3. The van der Waals surface area contributed by atoms with Gasteiger partial charge in [0.25, 0.3) is 0 Å². The molecule has 1 aliphatic rings. The number of nitrogens with zero attached hydrogens (tertiary/aromatic N) is 1. The summed E-state index contributed by atoms with van der Waals surface area (Å²) >= 11 is 0. The number of hydrogen-bond donors (Lipinski definition) is 0. The van der Waals surface area contributed by atoms with E-state index in [0.29, 0.717) is 25.0 Å². The van der Waals surface area contributed by atoms with Crippen molar-refractivity contribution in [3.05, 3.63) is 29.6 Å². The maximum atomic E-state index is 13.7. The van der Waals surface area contributed by atoms with E-state index in [0.717, 1.165) is 25.1 Å². The first kappa shape index (κ1) is 14.3. The van der Waals surface area contributed by atoms with Gasteiger partial charge in [-0.05, 0) is 43.6 Å². The van der Waals surface area contributed by atoms with Crippen molar-refractivity contribution in [3.63, 3.8) is 0 Å². The topological polar surface area (TPSA) is 21.7 Å².